The van der Waals surface area contributed by atoms with Crippen LogP contribution in [0.3, 0.4) is 0 Å². The van der Waals surface area contributed by atoms with Crippen molar-refractivity contribution in [1.82, 2.24) is 9.55 Å². The van der Waals surface area contributed by atoms with E-state index < -0.39 is 11.5 Å². The van der Waals surface area contributed by atoms with Gasteiger partial charge in [0.25, 0.3) is 0 Å². The highest BCUT2D eigenvalue weighted by Gasteiger charge is 2.20. The molecule has 2 aromatic rings. The number of rotatable bonds is 4. The number of imidazole rings is 1. The second kappa shape index (κ2) is 4.75. The summed E-state index contributed by atoms with van der Waals surface area (Å²) in [6, 6.07) is 9.37. The van der Waals surface area contributed by atoms with Crippen LogP contribution >= 0.6 is 0 Å². The van der Waals surface area contributed by atoms with Gasteiger partial charge >= 0.3 is 5.82 Å². The molecule has 1 aromatic heterocycles. The molecule has 0 unspecified atom stereocenters. The van der Waals surface area contributed by atoms with Crippen molar-refractivity contribution in [3.8, 4) is 0 Å². The third-order valence-corrected chi connectivity index (χ3v) is 2.40. The molecule has 0 aliphatic rings. The highest BCUT2D eigenvalue weighted by atomic mass is 16.6. The Hall–Kier alpha value is -2.21. The van der Waals surface area contributed by atoms with Crippen LogP contribution in [0.2, 0.25) is 0 Å². The molecule has 0 aliphatic carbocycles. The van der Waals surface area contributed by atoms with E-state index in [4.69, 9.17) is 5.11 Å². The van der Waals surface area contributed by atoms with Gasteiger partial charge in [0.1, 0.15) is 6.54 Å². The summed E-state index contributed by atoms with van der Waals surface area (Å²) in [4.78, 5) is 14.2. The van der Waals surface area contributed by atoms with Gasteiger partial charge in [-0.15, -0.1) is 0 Å². The summed E-state index contributed by atoms with van der Waals surface area (Å²) in [5, 5.41) is 19.9. The Morgan fingerprint density at radius 2 is 2.06 bits per heavy atom. The lowest BCUT2D eigenvalue weighted by molar-refractivity contribution is -0.393. The summed E-state index contributed by atoms with van der Waals surface area (Å²) >= 11 is 0. The Bertz CT molecular complexity index is 522. The van der Waals surface area contributed by atoms with Crippen LogP contribution in [0.1, 0.15) is 11.3 Å². The van der Waals surface area contributed by atoms with Crippen LogP contribution in [0, 0.1) is 10.1 Å². The number of nitro groups is 1. The van der Waals surface area contributed by atoms with Gasteiger partial charge in [-0.25, -0.2) is 9.55 Å². The standard InChI is InChI=1S/C11H11N3O3/c15-7-10-11(14(16)17)13(8-12-10)6-9-4-2-1-3-5-9/h1-5,8,15H,6-7H2. The summed E-state index contributed by atoms with van der Waals surface area (Å²) in [7, 11) is 0. The van der Waals surface area contributed by atoms with Crippen molar-refractivity contribution in [2.45, 2.75) is 13.2 Å². The quantitative estimate of drug-likeness (QED) is 0.638. The molecular formula is C11H11N3O3. The van der Waals surface area contributed by atoms with E-state index in [1.807, 2.05) is 30.3 Å². The molecule has 6 heteroatoms. The van der Waals surface area contributed by atoms with E-state index >= 15 is 0 Å². The molecule has 1 N–H and O–H groups in total. The van der Waals surface area contributed by atoms with Gasteiger partial charge in [0.2, 0.25) is 0 Å². The normalized spacial score (nSPS) is 10.4. The van der Waals surface area contributed by atoms with Crippen molar-refractivity contribution < 1.29 is 10.0 Å². The zero-order chi connectivity index (χ0) is 12.3. The molecule has 0 radical (unpaired) electrons. The van der Waals surface area contributed by atoms with E-state index in [2.05, 4.69) is 4.98 Å². The SMILES string of the molecule is O=[N+]([O-])c1c(CO)ncn1Cc1ccccc1. The summed E-state index contributed by atoms with van der Waals surface area (Å²) in [6.07, 6.45) is 1.37. The molecule has 0 spiro atoms. The molecule has 17 heavy (non-hydrogen) atoms. The Morgan fingerprint density at radius 3 is 2.65 bits per heavy atom. The highest BCUT2D eigenvalue weighted by molar-refractivity contribution is 5.29. The highest BCUT2D eigenvalue weighted by Crippen LogP contribution is 2.18. The maximum absolute atomic E-state index is 10.9. The first-order valence-corrected chi connectivity index (χ1v) is 5.05. The number of aliphatic hydroxyl groups excluding tert-OH is 1. The summed E-state index contributed by atoms with van der Waals surface area (Å²) < 4.78 is 1.42. The summed E-state index contributed by atoms with van der Waals surface area (Å²) in [5.74, 6) is -0.156. The van der Waals surface area contributed by atoms with E-state index in [1.165, 1.54) is 10.9 Å². The molecule has 88 valence electrons. The van der Waals surface area contributed by atoms with Gasteiger partial charge in [-0.05, 0) is 10.5 Å². The largest absolute Gasteiger partial charge is 0.390 e. The van der Waals surface area contributed by atoms with E-state index in [9.17, 15) is 10.1 Å². The fourth-order valence-electron chi connectivity index (χ4n) is 1.64. The third kappa shape index (κ3) is 2.31. The first-order chi connectivity index (χ1) is 8.22. The zero-order valence-electron chi connectivity index (χ0n) is 8.98. The minimum atomic E-state index is -0.526. The Labute approximate surface area is 97.3 Å². The van der Waals surface area contributed by atoms with E-state index in [0.717, 1.165) is 5.56 Å². The van der Waals surface area contributed by atoms with Crippen molar-refractivity contribution in [1.29, 1.82) is 0 Å². The minimum absolute atomic E-state index is 0.0888. The molecule has 0 aliphatic heterocycles. The van der Waals surface area contributed by atoms with Crippen LogP contribution in [0.4, 0.5) is 5.82 Å². The third-order valence-electron chi connectivity index (χ3n) is 2.40. The van der Waals surface area contributed by atoms with E-state index in [1.54, 1.807) is 0 Å². The lowest BCUT2D eigenvalue weighted by atomic mass is 10.2. The van der Waals surface area contributed by atoms with Crippen molar-refractivity contribution in [3.63, 3.8) is 0 Å². The van der Waals surface area contributed by atoms with Crippen molar-refractivity contribution >= 4 is 5.82 Å². The van der Waals surface area contributed by atoms with Crippen molar-refractivity contribution in [2.24, 2.45) is 0 Å². The van der Waals surface area contributed by atoms with Gasteiger partial charge in [0.15, 0.2) is 12.0 Å². The van der Waals surface area contributed by atoms with Crippen molar-refractivity contribution in [2.75, 3.05) is 0 Å². The zero-order valence-corrected chi connectivity index (χ0v) is 8.98. The van der Waals surface area contributed by atoms with E-state index in [0.29, 0.717) is 6.54 Å². The lowest BCUT2D eigenvalue weighted by Crippen LogP contribution is -2.04. The van der Waals surface area contributed by atoms with Gasteiger partial charge in [-0.3, -0.25) is 0 Å². The van der Waals surface area contributed by atoms with E-state index in [-0.39, 0.29) is 11.5 Å². The fourth-order valence-corrected chi connectivity index (χ4v) is 1.64. The predicted octanol–water partition coefficient (Wildman–Crippen LogP) is 1.33. The molecule has 0 atom stereocenters. The lowest BCUT2D eigenvalue weighted by Gasteiger charge is -2.01. The number of hydrogen-bond acceptors (Lipinski definition) is 4. The second-order valence-electron chi connectivity index (χ2n) is 3.54. The summed E-state index contributed by atoms with van der Waals surface area (Å²) in [6.45, 7) is -0.0672. The van der Waals surface area contributed by atoms with Gasteiger partial charge in [-0.2, -0.15) is 0 Å². The molecule has 6 nitrogen and oxygen atoms in total. The molecule has 0 bridgehead atoms. The fraction of sp³-hybridized carbons (Fsp3) is 0.182. The molecule has 0 saturated carbocycles. The molecule has 1 heterocycles. The average molecular weight is 233 g/mol. The number of hydrogen-bond donors (Lipinski definition) is 1. The minimum Gasteiger partial charge on any atom is -0.390 e. The maximum atomic E-state index is 10.9. The molecule has 1 aromatic carbocycles. The first-order valence-electron chi connectivity index (χ1n) is 5.05. The first kappa shape index (κ1) is 11.3. The maximum Gasteiger partial charge on any atom is 0.348 e. The topological polar surface area (TPSA) is 81.2 Å². The average Bonchev–Trinajstić information content (AvgIpc) is 2.73. The van der Waals surface area contributed by atoms with Crippen LogP contribution in [0.5, 0.6) is 0 Å². The number of aliphatic hydroxyl groups is 1. The monoisotopic (exact) mass is 233 g/mol. The van der Waals surface area contributed by atoms with Gasteiger partial charge in [0, 0.05) is 0 Å². The number of benzene rings is 1. The number of aromatic nitrogens is 2. The second-order valence-corrected chi connectivity index (χ2v) is 3.54. The predicted molar refractivity (Wildman–Crippen MR) is 60.3 cm³/mol. The van der Waals surface area contributed by atoms with Gasteiger partial charge in [-0.1, -0.05) is 30.3 Å². The van der Waals surface area contributed by atoms with Crippen LogP contribution in [-0.2, 0) is 13.2 Å². The summed E-state index contributed by atoms with van der Waals surface area (Å²) in [5.41, 5.74) is 1.03. The van der Waals surface area contributed by atoms with Crippen LogP contribution in [-0.4, -0.2) is 19.6 Å². The Balaban J connectivity index is 2.33. The van der Waals surface area contributed by atoms with Gasteiger partial charge in [0.05, 0.1) is 6.61 Å². The number of nitrogens with zero attached hydrogens (tertiary/aromatic N) is 3. The smallest absolute Gasteiger partial charge is 0.348 e. The van der Waals surface area contributed by atoms with Gasteiger partial charge < -0.3 is 15.2 Å². The molecule has 0 saturated heterocycles. The van der Waals surface area contributed by atoms with Crippen LogP contribution in [0.15, 0.2) is 36.7 Å². The van der Waals surface area contributed by atoms with Crippen LogP contribution in [0.25, 0.3) is 0 Å². The Kier molecular flexibility index (Phi) is 3.15. The molecule has 2 rings (SSSR count). The molecule has 0 fully saturated rings. The molecule has 0 amide bonds. The molecular weight excluding hydrogens is 222 g/mol. The van der Waals surface area contributed by atoms with Crippen molar-refractivity contribution in [3.05, 3.63) is 58.0 Å². The Morgan fingerprint density at radius 1 is 1.35 bits per heavy atom. The van der Waals surface area contributed by atoms with Crippen LogP contribution < -0.4 is 0 Å².